The van der Waals surface area contributed by atoms with Crippen LogP contribution in [0.4, 0.5) is 5.69 Å². The van der Waals surface area contributed by atoms with Gasteiger partial charge in [-0.15, -0.1) is 0 Å². The molecule has 0 atom stereocenters. The van der Waals surface area contributed by atoms with Gasteiger partial charge in [-0.05, 0) is 37.6 Å². The Hall–Kier alpha value is -3.20. The van der Waals surface area contributed by atoms with Crippen LogP contribution in [0.2, 0.25) is 0 Å². The minimum absolute atomic E-state index is 0.00749. The summed E-state index contributed by atoms with van der Waals surface area (Å²) in [5, 5.41) is 0. The molecule has 0 N–H and O–H groups in total. The fourth-order valence-corrected chi connectivity index (χ4v) is 4.63. The predicted molar refractivity (Wildman–Crippen MR) is 105 cm³/mol. The first-order valence-electron chi connectivity index (χ1n) is 8.95. The van der Waals surface area contributed by atoms with Crippen LogP contribution >= 0.6 is 0 Å². The number of carbonyl (C=O) groups excluding carboxylic acids is 3. The largest absolute Gasteiger partial charge is 0.454 e. The number of hydrogen-bond acceptors (Lipinski definition) is 6. The van der Waals surface area contributed by atoms with E-state index in [1.54, 1.807) is 19.1 Å². The number of para-hydroxylation sites is 1. The molecule has 0 radical (unpaired) electrons. The van der Waals surface area contributed by atoms with Gasteiger partial charge in [0.1, 0.15) is 11.4 Å². The van der Waals surface area contributed by atoms with Crippen LogP contribution in [-0.4, -0.2) is 50.2 Å². The van der Waals surface area contributed by atoms with Crippen molar-refractivity contribution in [2.75, 3.05) is 24.6 Å². The van der Waals surface area contributed by atoms with E-state index in [0.717, 1.165) is 5.56 Å². The monoisotopic (exact) mass is 416 g/mol. The number of benzene rings is 2. The Morgan fingerprint density at radius 2 is 1.72 bits per heavy atom. The van der Waals surface area contributed by atoms with Crippen LogP contribution < -0.4 is 4.90 Å². The SMILES string of the molecule is CCN(C(=O)COC(=O)CN1C(=O)c2ccccc2S1(=O)=O)c1ccccc1C. The molecule has 2 aromatic carbocycles. The Kier molecular flexibility index (Phi) is 5.69. The molecule has 0 aliphatic carbocycles. The van der Waals surface area contributed by atoms with Gasteiger partial charge in [0.15, 0.2) is 6.61 Å². The molecule has 0 saturated carbocycles. The van der Waals surface area contributed by atoms with Crippen molar-refractivity contribution in [2.45, 2.75) is 18.7 Å². The standard InChI is InChI=1S/C20H20N2O6S/c1-3-21(16-10-6-4-8-14(16)2)18(23)13-28-19(24)12-22-20(25)15-9-5-7-11-17(15)29(22,26)27/h4-11H,3,12-13H2,1-2H3. The first kappa shape index (κ1) is 20.5. The van der Waals surface area contributed by atoms with E-state index in [-0.39, 0.29) is 10.5 Å². The van der Waals surface area contributed by atoms with Crippen molar-refractivity contribution in [3.05, 3.63) is 59.7 Å². The number of rotatable bonds is 6. The molecule has 0 bridgehead atoms. The number of nitrogens with zero attached hydrogens (tertiary/aromatic N) is 2. The first-order chi connectivity index (χ1) is 13.8. The molecule has 2 aromatic rings. The van der Waals surface area contributed by atoms with Crippen LogP contribution in [0.25, 0.3) is 0 Å². The fraction of sp³-hybridized carbons (Fsp3) is 0.250. The average Bonchev–Trinajstić information content (AvgIpc) is 2.89. The third kappa shape index (κ3) is 3.86. The Bertz CT molecular complexity index is 1080. The maximum Gasteiger partial charge on any atom is 0.327 e. The predicted octanol–water partition coefficient (Wildman–Crippen LogP) is 1.74. The van der Waals surface area contributed by atoms with Gasteiger partial charge >= 0.3 is 5.97 Å². The van der Waals surface area contributed by atoms with Gasteiger partial charge in [-0.1, -0.05) is 30.3 Å². The lowest BCUT2D eigenvalue weighted by Gasteiger charge is -2.23. The molecule has 152 valence electrons. The zero-order valence-corrected chi connectivity index (χ0v) is 16.8. The Morgan fingerprint density at radius 3 is 2.38 bits per heavy atom. The highest BCUT2D eigenvalue weighted by atomic mass is 32.2. The van der Waals surface area contributed by atoms with Gasteiger partial charge in [0.05, 0.1) is 5.56 Å². The highest BCUT2D eigenvalue weighted by Crippen LogP contribution is 2.29. The van der Waals surface area contributed by atoms with Gasteiger partial charge in [0.25, 0.3) is 21.8 Å². The second kappa shape index (κ2) is 8.04. The number of sulfonamides is 1. The molecule has 0 fully saturated rings. The van der Waals surface area contributed by atoms with Gasteiger partial charge in [-0.2, -0.15) is 0 Å². The van der Waals surface area contributed by atoms with E-state index in [2.05, 4.69) is 0 Å². The lowest BCUT2D eigenvalue weighted by Crippen LogP contribution is -2.38. The lowest BCUT2D eigenvalue weighted by atomic mass is 10.2. The van der Waals surface area contributed by atoms with Crippen LogP contribution in [0, 0.1) is 6.92 Å². The molecule has 1 heterocycles. The van der Waals surface area contributed by atoms with E-state index in [9.17, 15) is 22.8 Å². The van der Waals surface area contributed by atoms with Crippen LogP contribution in [0.1, 0.15) is 22.8 Å². The third-order valence-corrected chi connectivity index (χ3v) is 6.35. The van der Waals surface area contributed by atoms with Gasteiger partial charge < -0.3 is 9.64 Å². The molecule has 3 rings (SSSR count). The molecule has 29 heavy (non-hydrogen) atoms. The summed E-state index contributed by atoms with van der Waals surface area (Å²) in [4.78, 5) is 38.3. The Labute approximate surface area is 168 Å². The second-order valence-electron chi connectivity index (χ2n) is 6.40. The summed E-state index contributed by atoms with van der Waals surface area (Å²) >= 11 is 0. The second-order valence-corrected chi connectivity index (χ2v) is 8.23. The van der Waals surface area contributed by atoms with Gasteiger partial charge in [-0.25, -0.2) is 12.7 Å². The normalized spacial score (nSPS) is 14.4. The van der Waals surface area contributed by atoms with E-state index in [1.807, 2.05) is 19.1 Å². The van der Waals surface area contributed by atoms with Crippen molar-refractivity contribution in [1.82, 2.24) is 4.31 Å². The van der Waals surface area contributed by atoms with E-state index >= 15 is 0 Å². The summed E-state index contributed by atoms with van der Waals surface area (Å²) in [5.41, 5.74) is 1.59. The minimum Gasteiger partial charge on any atom is -0.454 e. The highest BCUT2D eigenvalue weighted by Gasteiger charge is 2.42. The number of likely N-dealkylation sites (N-methyl/N-ethyl adjacent to an activating group) is 1. The molecular formula is C20H20N2O6S. The number of ether oxygens (including phenoxy) is 1. The van der Waals surface area contributed by atoms with Crippen molar-refractivity contribution < 1.29 is 27.5 Å². The number of fused-ring (bicyclic) bond motifs is 1. The zero-order valence-electron chi connectivity index (χ0n) is 16.0. The third-order valence-electron chi connectivity index (χ3n) is 4.56. The van der Waals surface area contributed by atoms with Crippen molar-refractivity contribution in [3.8, 4) is 0 Å². The molecule has 0 unspecified atom stereocenters. The number of amides is 2. The van der Waals surface area contributed by atoms with Crippen LogP contribution in [0.3, 0.4) is 0 Å². The van der Waals surface area contributed by atoms with Crippen molar-refractivity contribution in [3.63, 3.8) is 0 Å². The summed E-state index contributed by atoms with van der Waals surface area (Å²) in [6, 6.07) is 13.0. The molecule has 0 spiro atoms. The smallest absolute Gasteiger partial charge is 0.327 e. The quantitative estimate of drug-likeness (QED) is 0.665. The van der Waals surface area contributed by atoms with Crippen molar-refractivity contribution in [2.24, 2.45) is 0 Å². The van der Waals surface area contributed by atoms with Crippen LogP contribution in [0.15, 0.2) is 53.4 Å². The topological polar surface area (TPSA) is 101 Å². The zero-order chi connectivity index (χ0) is 21.2. The first-order valence-corrected chi connectivity index (χ1v) is 10.4. The van der Waals surface area contributed by atoms with Gasteiger partial charge in [0.2, 0.25) is 0 Å². The molecule has 8 nitrogen and oxygen atoms in total. The van der Waals surface area contributed by atoms with Gasteiger partial charge in [-0.3, -0.25) is 14.4 Å². The lowest BCUT2D eigenvalue weighted by molar-refractivity contribution is -0.147. The molecule has 0 saturated heterocycles. The minimum atomic E-state index is -4.11. The number of esters is 1. The van der Waals surface area contributed by atoms with Crippen LogP contribution in [0.5, 0.6) is 0 Å². The van der Waals surface area contributed by atoms with Crippen LogP contribution in [-0.2, 0) is 24.3 Å². The molecule has 2 amide bonds. The van der Waals surface area contributed by atoms with Gasteiger partial charge in [0, 0.05) is 12.2 Å². The number of hydrogen-bond donors (Lipinski definition) is 0. The fourth-order valence-electron chi connectivity index (χ4n) is 3.12. The number of carbonyl (C=O) groups is 3. The van der Waals surface area contributed by atoms with E-state index in [0.29, 0.717) is 16.5 Å². The molecule has 1 aliphatic rings. The maximum absolute atomic E-state index is 12.5. The molecule has 9 heteroatoms. The summed E-state index contributed by atoms with van der Waals surface area (Å²) in [6.07, 6.45) is 0. The summed E-state index contributed by atoms with van der Waals surface area (Å²) in [5.74, 6) is -2.23. The number of anilines is 1. The summed E-state index contributed by atoms with van der Waals surface area (Å²) < 4.78 is 30.4. The Balaban J connectivity index is 1.65. The average molecular weight is 416 g/mol. The molecule has 1 aliphatic heterocycles. The van der Waals surface area contributed by atoms with E-state index in [1.165, 1.54) is 29.2 Å². The summed E-state index contributed by atoms with van der Waals surface area (Å²) in [7, 11) is -4.11. The van der Waals surface area contributed by atoms with E-state index < -0.39 is 41.0 Å². The van der Waals surface area contributed by atoms with E-state index in [4.69, 9.17) is 4.74 Å². The molecule has 0 aromatic heterocycles. The highest BCUT2D eigenvalue weighted by molar-refractivity contribution is 7.90. The van der Waals surface area contributed by atoms with Crippen molar-refractivity contribution in [1.29, 1.82) is 0 Å². The number of aryl methyl sites for hydroxylation is 1. The maximum atomic E-state index is 12.5. The Morgan fingerprint density at radius 1 is 1.07 bits per heavy atom. The van der Waals surface area contributed by atoms with Crippen molar-refractivity contribution >= 4 is 33.5 Å². The summed E-state index contributed by atoms with van der Waals surface area (Å²) in [6.45, 7) is 2.67. The molecular weight excluding hydrogens is 396 g/mol.